The molecule has 8 nitrogen and oxygen atoms in total. The van der Waals surface area contributed by atoms with Crippen molar-refractivity contribution in [3.05, 3.63) is 30.1 Å². The van der Waals surface area contributed by atoms with Crippen molar-refractivity contribution in [3.8, 4) is 0 Å². The van der Waals surface area contributed by atoms with Crippen molar-refractivity contribution < 1.29 is 19.1 Å². The van der Waals surface area contributed by atoms with Crippen LogP contribution in [-0.2, 0) is 9.53 Å². The van der Waals surface area contributed by atoms with Gasteiger partial charge >= 0.3 is 6.09 Å². The van der Waals surface area contributed by atoms with E-state index in [4.69, 9.17) is 4.74 Å². The molecule has 3 amide bonds. The van der Waals surface area contributed by atoms with E-state index in [1.165, 1.54) is 6.20 Å². The highest BCUT2D eigenvalue weighted by atomic mass is 16.6. The zero-order valence-electron chi connectivity index (χ0n) is 14.9. The molecule has 0 aliphatic heterocycles. The van der Waals surface area contributed by atoms with E-state index < -0.39 is 11.7 Å². The van der Waals surface area contributed by atoms with Crippen LogP contribution in [0.4, 0.5) is 4.79 Å². The molecule has 0 aliphatic carbocycles. The van der Waals surface area contributed by atoms with Gasteiger partial charge in [0.25, 0.3) is 5.91 Å². The number of hydrogen-bond acceptors (Lipinski definition) is 5. The van der Waals surface area contributed by atoms with E-state index in [9.17, 15) is 14.4 Å². The first-order valence-electron chi connectivity index (χ1n) is 8.20. The summed E-state index contributed by atoms with van der Waals surface area (Å²) < 4.78 is 5.07. The van der Waals surface area contributed by atoms with Crippen molar-refractivity contribution in [2.24, 2.45) is 0 Å². The van der Waals surface area contributed by atoms with Gasteiger partial charge in [0.05, 0.1) is 5.56 Å². The largest absolute Gasteiger partial charge is 0.444 e. The van der Waals surface area contributed by atoms with E-state index in [1.807, 2.05) is 0 Å². The lowest BCUT2D eigenvalue weighted by molar-refractivity contribution is -0.120. The summed E-state index contributed by atoms with van der Waals surface area (Å²) in [6, 6.07) is 3.38. The zero-order chi connectivity index (χ0) is 18.7. The van der Waals surface area contributed by atoms with Crippen LogP contribution in [0.3, 0.4) is 0 Å². The number of carbonyl (C=O) groups is 3. The summed E-state index contributed by atoms with van der Waals surface area (Å²) in [5.41, 5.74) is -0.0631. The van der Waals surface area contributed by atoms with Gasteiger partial charge in [0.1, 0.15) is 5.60 Å². The second-order valence-corrected chi connectivity index (χ2v) is 6.38. The highest BCUT2D eigenvalue weighted by molar-refractivity contribution is 5.93. The number of ether oxygens (including phenoxy) is 1. The summed E-state index contributed by atoms with van der Waals surface area (Å²) in [4.78, 5) is 38.7. The zero-order valence-corrected chi connectivity index (χ0v) is 14.9. The van der Waals surface area contributed by atoms with Gasteiger partial charge in [0, 0.05) is 38.4 Å². The lowest BCUT2D eigenvalue weighted by Gasteiger charge is -2.19. The molecule has 0 saturated heterocycles. The van der Waals surface area contributed by atoms with Gasteiger partial charge in [-0.05, 0) is 39.3 Å². The number of amides is 3. The van der Waals surface area contributed by atoms with Gasteiger partial charge in [0.2, 0.25) is 5.91 Å². The summed E-state index contributed by atoms with van der Waals surface area (Å²) in [6.45, 7) is 6.41. The van der Waals surface area contributed by atoms with Crippen molar-refractivity contribution >= 4 is 17.9 Å². The molecular formula is C17H26N4O4. The van der Waals surface area contributed by atoms with Gasteiger partial charge in [-0.25, -0.2) is 4.79 Å². The fourth-order valence-corrected chi connectivity index (χ4v) is 1.80. The maximum absolute atomic E-state index is 11.8. The Bertz CT molecular complexity index is 570. The van der Waals surface area contributed by atoms with Crippen molar-refractivity contribution in [2.45, 2.75) is 39.2 Å². The molecule has 1 aromatic rings. The molecule has 0 bridgehead atoms. The van der Waals surface area contributed by atoms with Gasteiger partial charge in [0.15, 0.2) is 0 Å². The molecule has 1 rings (SSSR count). The summed E-state index contributed by atoms with van der Waals surface area (Å²) >= 11 is 0. The minimum absolute atomic E-state index is 0.168. The Balaban J connectivity index is 2.05. The molecule has 0 unspecified atom stereocenters. The third-order valence-corrected chi connectivity index (χ3v) is 2.91. The van der Waals surface area contributed by atoms with Gasteiger partial charge in [-0.3, -0.25) is 14.6 Å². The maximum atomic E-state index is 11.8. The molecule has 0 aliphatic rings. The van der Waals surface area contributed by atoms with Gasteiger partial charge < -0.3 is 20.7 Å². The number of nitrogens with one attached hydrogen (secondary N) is 3. The molecule has 0 saturated carbocycles. The van der Waals surface area contributed by atoms with Crippen molar-refractivity contribution in [2.75, 3.05) is 19.6 Å². The maximum Gasteiger partial charge on any atom is 0.407 e. The molecule has 3 N–H and O–H groups in total. The normalized spacial score (nSPS) is 10.7. The summed E-state index contributed by atoms with van der Waals surface area (Å²) in [5.74, 6) is -0.365. The quantitative estimate of drug-likeness (QED) is 0.611. The fourth-order valence-electron chi connectivity index (χ4n) is 1.80. The number of rotatable bonds is 8. The Morgan fingerprint density at radius 3 is 2.44 bits per heavy atom. The Kier molecular flexibility index (Phi) is 8.38. The van der Waals surface area contributed by atoms with E-state index >= 15 is 0 Å². The van der Waals surface area contributed by atoms with Crippen LogP contribution in [0.5, 0.6) is 0 Å². The van der Waals surface area contributed by atoms with Crippen molar-refractivity contribution in [1.82, 2.24) is 20.9 Å². The number of pyridine rings is 1. The predicted octanol–water partition coefficient (Wildman–Crippen LogP) is 1.23. The van der Waals surface area contributed by atoms with Crippen LogP contribution in [0.25, 0.3) is 0 Å². The molecule has 138 valence electrons. The second-order valence-electron chi connectivity index (χ2n) is 6.38. The monoisotopic (exact) mass is 350 g/mol. The van der Waals surface area contributed by atoms with Crippen LogP contribution < -0.4 is 16.0 Å². The standard InChI is InChI=1S/C17H26N4O4/c1-17(2,3)25-16(24)21-11-7-14(22)19-9-5-10-20-15(23)13-6-4-8-18-12-13/h4,6,8,12H,5,7,9-11H2,1-3H3,(H,19,22)(H,20,23)(H,21,24). The number of hydrogen-bond donors (Lipinski definition) is 3. The minimum Gasteiger partial charge on any atom is -0.444 e. The second kappa shape index (κ2) is 10.3. The molecular weight excluding hydrogens is 324 g/mol. The minimum atomic E-state index is -0.563. The number of carbonyl (C=O) groups excluding carboxylic acids is 3. The van der Waals surface area contributed by atoms with Crippen molar-refractivity contribution in [3.63, 3.8) is 0 Å². The molecule has 25 heavy (non-hydrogen) atoms. The third kappa shape index (κ3) is 9.95. The lowest BCUT2D eigenvalue weighted by atomic mass is 10.2. The number of aromatic nitrogens is 1. The Labute approximate surface area is 147 Å². The van der Waals surface area contributed by atoms with Crippen LogP contribution in [0.2, 0.25) is 0 Å². The van der Waals surface area contributed by atoms with Gasteiger partial charge in [-0.15, -0.1) is 0 Å². The molecule has 1 heterocycles. The van der Waals surface area contributed by atoms with Crippen LogP contribution in [-0.4, -0.2) is 48.1 Å². The van der Waals surface area contributed by atoms with E-state index in [0.717, 1.165) is 0 Å². The topological polar surface area (TPSA) is 109 Å². The first kappa shape index (κ1) is 20.4. The number of nitrogens with zero attached hydrogens (tertiary/aromatic N) is 1. The van der Waals surface area contributed by atoms with Gasteiger partial charge in [-0.2, -0.15) is 0 Å². The van der Waals surface area contributed by atoms with Crippen LogP contribution >= 0.6 is 0 Å². The molecule has 0 spiro atoms. The van der Waals surface area contributed by atoms with Crippen molar-refractivity contribution in [1.29, 1.82) is 0 Å². The van der Waals surface area contributed by atoms with Gasteiger partial charge in [-0.1, -0.05) is 0 Å². The number of alkyl carbamates (subject to hydrolysis) is 1. The van der Waals surface area contributed by atoms with E-state index in [1.54, 1.807) is 39.1 Å². The van der Waals surface area contributed by atoms with Crippen LogP contribution in [0.15, 0.2) is 24.5 Å². The van der Waals surface area contributed by atoms with E-state index in [2.05, 4.69) is 20.9 Å². The summed E-state index contributed by atoms with van der Waals surface area (Å²) in [6.07, 6.45) is 3.33. The average Bonchev–Trinajstić information content (AvgIpc) is 2.53. The fraction of sp³-hybridized carbons (Fsp3) is 0.529. The SMILES string of the molecule is CC(C)(C)OC(=O)NCCC(=O)NCCCNC(=O)c1cccnc1. The molecule has 0 atom stereocenters. The molecule has 0 radical (unpaired) electrons. The van der Waals surface area contributed by atoms with E-state index in [0.29, 0.717) is 25.1 Å². The Hall–Kier alpha value is -2.64. The predicted molar refractivity (Wildman–Crippen MR) is 93.1 cm³/mol. The molecule has 0 fully saturated rings. The van der Waals surface area contributed by atoms with Crippen LogP contribution in [0, 0.1) is 0 Å². The smallest absolute Gasteiger partial charge is 0.407 e. The lowest BCUT2D eigenvalue weighted by Crippen LogP contribution is -2.35. The van der Waals surface area contributed by atoms with Crippen LogP contribution in [0.1, 0.15) is 44.0 Å². The third-order valence-electron chi connectivity index (χ3n) is 2.91. The highest BCUT2D eigenvalue weighted by Gasteiger charge is 2.15. The summed E-state index contributed by atoms with van der Waals surface area (Å²) in [5, 5.41) is 7.99. The average molecular weight is 350 g/mol. The Morgan fingerprint density at radius 2 is 1.80 bits per heavy atom. The molecule has 8 heteroatoms. The first-order chi connectivity index (χ1) is 11.8. The summed E-state index contributed by atoms with van der Waals surface area (Å²) in [7, 11) is 0. The van der Waals surface area contributed by atoms with E-state index in [-0.39, 0.29) is 24.8 Å². The molecule has 1 aromatic heterocycles. The molecule has 0 aromatic carbocycles. The highest BCUT2D eigenvalue weighted by Crippen LogP contribution is 2.06. The first-order valence-corrected chi connectivity index (χ1v) is 8.20. The Morgan fingerprint density at radius 1 is 1.08 bits per heavy atom.